The minimum atomic E-state index is -1.17. The molecule has 0 bridgehead atoms. The van der Waals surface area contributed by atoms with Crippen LogP contribution < -0.4 is 5.32 Å². The Hall–Kier alpha value is -2.73. The lowest BCUT2D eigenvalue weighted by molar-refractivity contribution is 0.0948. The number of aromatic nitrogens is 1. The fraction of sp³-hybridized carbons (Fsp3) is 0.0588. The minimum Gasteiger partial charge on any atom is -0.506 e. The molecule has 3 aromatic rings. The van der Waals surface area contributed by atoms with Crippen molar-refractivity contribution in [1.29, 1.82) is 0 Å². The smallest absolute Gasteiger partial charge is 0.256 e. The molecule has 24 heavy (non-hydrogen) atoms. The van der Waals surface area contributed by atoms with E-state index >= 15 is 0 Å². The minimum absolute atomic E-state index is 0.0342. The van der Waals surface area contributed by atoms with Gasteiger partial charge in [-0.05, 0) is 29.8 Å². The second-order valence-electron chi connectivity index (χ2n) is 5.09. The third-order valence-electron chi connectivity index (χ3n) is 3.51. The lowest BCUT2D eigenvalue weighted by Crippen LogP contribution is -2.23. The van der Waals surface area contributed by atoms with Gasteiger partial charge in [0.2, 0.25) is 0 Å². The van der Waals surface area contributed by atoms with Crippen LogP contribution in [0.3, 0.4) is 0 Å². The SMILES string of the molecule is O=C(NCc1ccc(Cl)cc1)c1cnc2c(F)c(F)ccc2c1O. The van der Waals surface area contributed by atoms with E-state index in [0.717, 1.165) is 17.8 Å². The van der Waals surface area contributed by atoms with Gasteiger partial charge in [-0.2, -0.15) is 0 Å². The highest BCUT2D eigenvalue weighted by molar-refractivity contribution is 6.30. The van der Waals surface area contributed by atoms with Gasteiger partial charge in [-0.15, -0.1) is 0 Å². The van der Waals surface area contributed by atoms with Crippen molar-refractivity contribution in [3.8, 4) is 5.75 Å². The Morgan fingerprint density at radius 2 is 1.88 bits per heavy atom. The van der Waals surface area contributed by atoms with Crippen LogP contribution in [0.4, 0.5) is 8.78 Å². The Morgan fingerprint density at radius 1 is 1.17 bits per heavy atom. The van der Waals surface area contributed by atoms with Crippen LogP contribution in [0.2, 0.25) is 5.02 Å². The Balaban J connectivity index is 1.86. The molecule has 2 N–H and O–H groups in total. The molecule has 0 saturated carbocycles. The zero-order chi connectivity index (χ0) is 17.3. The largest absolute Gasteiger partial charge is 0.506 e. The van der Waals surface area contributed by atoms with Gasteiger partial charge in [0.25, 0.3) is 5.91 Å². The van der Waals surface area contributed by atoms with Crippen LogP contribution >= 0.6 is 11.6 Å². The quantitative estimate of drug-likeness (QED) is 0.756. The number of benzene rings is 2. The number of rotatable bonds is 3. The zero-order valence-electron chi connectivity index (χ0n) is 12.2. The maximum Gasteiger partial charge on any atom is 0.256 e. The van der Waals surface area contributed by atoms with Gasteiger partial charge in [-0.25, -0.2) is 8.78 Å². The van der Waals surface area contributed by atoms with E-state index in [-0.39, 0.29) is 23.0 Å². The number of amides is 1. The van der Waals surface area contributed by atoms with Crippen LogP contribution in [0.25, 0.3) is 10.9 Å². The molecule has 122 valence electrons. The first-order chi connectivity index (χ1) is 11.5. The van der Waals surface area contributed by atoms with Crippen LogP contribution in [0, 0.1) is 11.6 Å². The fourth-order valence-electron chi connectivity index (χ4n) is 2.24. The van der Waals surface area contributed by atoms with E-state index in [1.807, 2.05) is 0 Å². The van der Waals surface area contributed by atoms with E-state index in [2.05, 4.69) is 10.3 Å². The molecule has 0 radical (unpaired) electrons. The summed E-state index contributed by atoms with van der Waals surface area (Å²) in [6.45, 7) is 0.214. The third kappa shape index (κ3) is 3.00. The maximum atomic E-state index is 13.7. The average Bonchev–Trinajstić information content (AvgIpc) is 2.58. The molecule has 2 aromatic carbocycles. The molecule has 0 fully saturated rings. The molecule has 3 rings (SSSR count). The first kappa shape index (κ1) is 16.1. The van der Waals surface area contributed by atoms with Gasteiger partial charge in [-0.1, -0.05) is 23.7 Å². The summed E-state index contributed by atoms with van der Waals surface area (Å²) in [5, 5.41) is 13.3. The van der Waals surface area contributed by atoms with Gasteiger partial charge < -0.3 is 10.4 Å². The zero-order valence-corrected chi connectivity index (χ0v) is 12.9. The van der Waals surface area contributed by atoms with E-state index in [4.69, 9.17) is 11.6 Å². The Kier molecular flexibility index (Phi) is 4.31. The number of pyridine rings is 1. The van der Waals surface area contributed by atoms with Gasteiger partial charge in [0.15, 0.2) is 11.6 Å². The van der Waals surface area contributed by atoms with Crippen molar-refractivity contribution < 1.29 is 18.7 Å². The molecule has 0 aliphatic heterocycles. The predicted molar refractivity (Wildman–Crippen MR) is 85.9 cm³/mol. The highest BCUT2D eigenvalue weighted by atomic mass is 35.5. The number of aromatic hydroxyl groups is 1. The molecule has 4 nitrogen and oxygen atoms in total. The molecule has 0 aliphatic carbocycles. The summed E-state index contributed by atoms with van der Waals surface area (Å²) < 4.78 is 26.8. The lowest BCUT2D eigenvalue weighted by atomic mass is 10.1. The van der Waals surface area contributed by atoms with E-state index in [9.17, 15) is 18.7 Å². The molecule has 0 atom stereocenters. The van der Waals surface area contributed by atoms with Crippen molar-refractivity contribution in [2.75, 3.05) is 0 Å². The molecule has 0 saturated heterocycles. The molecule has 0 unspecified atom stereocenters. The molecule has 1 amide bonds. The van der Waals surface area contributed by atoms with Crippen molar-refractivity contribution in [3.63, 3.8) is 0 Å². The molecule has 0 spiro atoms. The number of carbonyl (C=O) groups excluding carboxylic acids is 1. The summed E-state index contributed by atoms with van der Waals surface area (Å²) in [6, 6.07) is 8.92. The molecular formula is C17H11ClF2N2O2. The van der Waals surface area contributed by atoms with Gasteiger partial charge in [-0.3, -0.25) is 9.78 Å². The second kappa shape index (κ2) is 6.41. The first-order valence-electron chi connectivity index (χ1n) is 6.95. The third-order valence-corrected chi connectivity index (χ3v) is 3.76. The second-order valence-corrected chi connectivity index (χ2v) is 5.52. The summed E-state index contributed by atoms with van der Waals surface area (Å²) >= 11 is 5.78. The van der Waals surface area contributed by atoms with Gasteiger partial charge in [0.05, 0.1) is 0 Å². The molecule has 1 heterocycles. The molecule has 0 aliphatic rings. The van der Waals surface area contributed by atoms with E-state index in [1.165, 1.54) is 6.07 Å². The average molecular weight is 349 g/mol. The number of fused-ring (bicyclic) bond motifs is 1. The fourth-order valence-corrected chi connectivity index (χ4v) is 2.36. The van der Waals surface area contributed by atoms with E-state index in [0.29, 0.717) is 5.02 Å². The summed E-state index contributed by atoms with van der Waals surface area (Å²) in [7, 11) is 0. The monoisotopic (exact) mass is 348 g/mol. The molecule has 1 aromatic heterocycles. The predicted octanol–water partition coefficient (Wildman–Crippen LogP) is 3.80. The summed E-state index contributed by atoms with van der Waals surface area (Å²) in [5.41, 5.74) is 0.360. The number of carbonyl (C=O) groups is 1. The van der Waals surface area contributed by atoms with Crippen molar-refractivity contribution in [2.24, 2.45) is 0 Å². The topological polar surface area (TPSA) is 62.2 Å². The van der Waals surface area contributed by atoms with Crippen LogP contribution in [-0.2, 0) is 6.54 Å². The number of hydrogen-bond donors (Lipinski definition) is 2. The number of nitrogens with one attached hydrogen (secondary N) is 1. The Morgan fingerprint density at radius 3 is 2.58 bits per heavy atom. The first-order valence-corrected chi connectivity index (χ1v) is 7.33. The molecule has 7 heteroatoms. The van der Waals surface area contributed by atoms with Gasteiger partial charge in [0, 0.05) is 23.2 Å². The number of halogens is 3. The van der Waals surface area contributed by atoms with Crippen LogP contribution in [0.1, 0.15) is 15.9 Å². The van der Waals surface area contributed by atoms with Crippen molar-refractivity contribution in [2.45, 2.75) is 6.54 Å². The van der Waals surface area contributed by atoms with Crippen LogP contribution in [0.15, 0.2) is 42.6 Å². The van der Waals surface area contributed by atoms with Crippen LogP contribution in [-0.4, -0.2) is 16.0 Å². The van der Waals surface area contributed by atoms with Crippen molar-refractivity contribution >= 4 is 28.4 Å². The highest BCUT2D eigenvalue weighted by Crippen LogP contribution is 2.29. The summed E-state index contributed by atoms with van der Waals surface area (Å²) in [5.74, 6) is -3.28. The number of hydrogen-bond acceptors (Lipinski definition) is 3. The van der Waals surface area contributed by atoms with E-state index < -0.39 is 23.3 Å². The van der Waals surface area contributed by atoms with Crippen LogP contribution in [0.5, 0.6) is 5.75 Å². The maximum absolute atomic E-state index is 13.7. The summed E-state index contributed by atoms with van der Waals surface area (Å²) in [4.78, 5) is 15.9. The summed E-state index contributed by atoms with van der Waals surface area (Å²) in [6.07, 6.45) is 1.01. The standard InChI is InChI=1S/C17H11ClF2N2O2/c18-10-3-1-9(2-4-10)7-22-17(24)12-8-21-15-11(16(12)23)5-6-13(19)14(15)20/h1-6,8H,7H2,(H,21,23)(H,22,24). The van der Waals surface area contributed by atoms with Gasteiger partial charge in [0.1, 0.15) is 16.8 Å². The number of nitrogens with zero attached hydrogens (tertiary/aromatic N) is 1. The lowest BCUT2D eigenvalue weighted by Gasteiger charge is -2.09. The van der Waals surface area contributed by atoms with Crippen molar-refractivity contribution in [3.05, 3.63) is 70.4 Å². The van der Waals surface area contributed by atoms with Crippen molar-refractivity contribution in [1.82, 2.24) is 10.3 Å². The highest BCUT2D eigenvalue weighted by Gasteiger charge is 2.18. The molecular weight excluding hydrogens is 338 g/mol. The Bertz CT molecular complexity index is 930. The normalized spacial score (nSPS) is 10.8. The Labute approximate surface area is 140 Å². The van der Waals surface area contributed by atoms with Gasteiger partial charge >= 0.3 is 0 Å². The van der Waals surface area contributed by atoms with E-state index in [1.54, 1.807) is 24.3 Å².